The van der Waals surface area contributed by atoms with E-state index in [1.54, 1.807) is 35.5 Å². The second-order valence-electron chi connectivity index (χ2n) is 7.74. The lowest BCUT2D eigenvalue weighted by atomic mass is 9.79. The summed E-state index contributed by atoms with van der Waals surface area (Å²) in [7, 11) is 0. The van der Waals surface area contributed by atoms with Gasteiger partial charge in [-0.05, 0) is 50.3 Å². The Morgan fingerprint density at radius 2 is 2.25 bits per heavy atom. The fraction of sp³-hybridized carbons (Fsp3) is 0.476. The highest BCUT2D eigenvalue weighted by atomic mass is 16.5. The van der Waals surface area contributed by atoms with E-state index in [2.05, 4.69) is 9.97 Å². The number of phenols is 1. The van der Waals surface area contributed by atoms with Gasteiger partial charge >= 0.3 is 0 Å². The molecule has 1 amide bonds. The van der Waals surface area contributed by atoms with Crippen LogP contribution in [0.5, 0.6) is 11.6 Å². The molecule has 3 heterocycles. The molecule has 7 heteroatoms. The zero-order chi connectivity index (χ0) is 19.6. The second kappa shape index (κ2) is 7.75. The zero-order valence-electron chi connectivity index (χ0n) is 16.0. The first-order chi connectivity index (χ1) is 13.5. The molecule has 4 rings (SSSR count). The topological polar surface area (TPSA) is 84.8 Å². The van der Waals surface area contributed by atoms with Gasteiger partial charge in [-0.25, -0.2) is 4.98 Å². The third-order valence-electron chi connectivity index (χ3n) is 5.44. The molecule has 1 atom stereocenters. The summed E-state index contributed by atoms with van der Waals surface area (Å²) < 4.78 is 11.8. The highest BCUT2D eigenvalue weighted by Gasteiger charge is 2.49. The van der Waals surface area contributed by atoms with E-state index in [1.807, 2.05) is 6.92 Å². The van der Waals surface area contributed by atoms with Crippen LogP contribution < -0.4 is 4.74 Å². The van der Waals surface area contributed by atoms with Gasteiger partial charge in [-0.2, -0.15) is 0 Å². The number of hydrogen-bond acceptors (Lipinski definition) is 6. The molecule has 1 unspecified atom stereocenters. The average molecular weight is 383 g/mol. The molecule has 0 saturated carbocycles. The molecule has 2 aliphatic heterocycles. The van der Waals surface area contributed by atoms with Crippen LogP contribution in [-0.4, -0.2) is 57.8 Å². The van der Waals surface area contributed by atoms with Gasteiger partial charge in [-0.3, -0.25) is 9.78 Å². The Hall–Kier alpha value is -2.67. The summed E-state index contributed by atoms with van der Waals surface area (Å²) in [6.45, 7) is 4.40. The fourth-order valence-electron chi connectivity index (χ4n) is 4.05. The Morgan fingerprint density at radius 1 is 1.39 bits per heavy atom. The predicted octanol–water partition coefficient (Wildman–Crippen LogP) is 2.58. The summed E-state index contributed by atoms with van der Waals surface area (Å²) >= 11 is 0. The van der Waals surface area contributed by atoms with E-state index in [9.17, 15) is 9.90 Å². The van der Waals surface area contributed by atoms with Crippen molar-refractivity contribution in [3.05, 3.63) is 47.9 Å². The lowest BCUT2D eigenvalue weighted by Gasteiger charge is -2.53. The molecular weight excluding hydrogens is 358 g/mol. The molecule has 7 nitrogen and oxygen atoms in total. The van der Waals surface area contributed by atoms with Crippen LogP contribution in [0.1, 0.15) is 35.3 Å². The molecule has 0 aliphatic carbocycles. The number of aryl methyl sites for hydroxylation is 1. The molecule has 28 heavy (non-hydrogen) atoms. The van der Waals surface area contributed by atoms with Crippen molar-refractivity contribution in [3.8, 4) is 11.6 Å². The lowest BCUT2D eigenvalue weighted by molar-refractivity contribution is -0.166. The standard InChI is InChI=1S/C21H25N3O4/c1-15-11-22-12-19(23-15)27-7-5-16-6-8-28-21(10-16)13-24(14-21)20(26)17-3-2-4-18(25)9-17/h2-4,9,11-12,16,25H,5-8,10,13-14H2,1H3. The number of likely N-dealkylation sites (tertiary alicyclic amines) is 1. The zero-order valence-corrected chi connectivity index (χ0v) is 16.0. The van der Waals surface area contributed by atoms with Crippen LogP contribution in [-0.2, 0) is 4.74 Å². The van der Waals surface area contributed by atoms with Crippen LogP contribution >= 0.6 is 0 Å². The van der Waals surface area contributed by atoms with Gasteiger partial charge in [0, 0.05) is 18.4 Å². The van der Waals surface area contributed by atoms with E-state index in [1.165, 1.54) is 6.07 Å². The van der Waals surface area contributed by atoms with Gasteiger partial charge < -0.3 is 19.5 Å². The smallest absolute Gasteiger partial charge is 0.254 e. The third kappa shape index (κ3) is 4.09. The summed E-state index contributed by atoms with van der Waals surface area (Å²) in [6, 6.07) is 6.48. The molecule has 2 saturated heterocycles. The number of aromatic hydroxyl groups is 1. The van der Waals surface area contributed by atoms with Gasteiger partial charge in [-0.15, -0.1) is 0 Å². The molecule has 1 aromatic carbocycles. The number of rotatable bonds is 5. The largest absolute Gasteiger partial charge is 0.508 e. The van der Waals surface area contributed by atoms with Gasteiger partial charge in [0.2, 0.25) is 5.88 Å². The van der Waals surface area contributed by atoms with Gasteiger partial charge in [-0.1, -0.05) is 6.07 Å². The van der Waals surface area contributed by atoms with E-state index >= 15 is 0 Å². The van der Waals surface area contributed by atoms with Crippen LogP contribution in [0, 0.1) is 12.8 Å². The fourth-order valence-corrected chi connectivity index (χ4v) is 4.05. The van der Waals surface area contributed by atoms with Gasteiger partial charge in [0.15, 0.2) is 0 Å². The Morgan fingerprint density at radius 3 is 3.04 bits per heavy atom. The molecule has 1 aromatic heterocycles. The number of aromatic nitrogens is 2. The monoisotopic (exact) mass is 383 g/mol. The molecule has 2 aromatic rings. The van der Waals surface area contributed by atoms with Crippen LogP contribution in [0.15, 0.2) is 36.7 Å². The molecule has 1 N–H and O–H groups in total. The predicted molar refractivity (Wildman–Crippen MR) is 102 cm³/mol. The molecule has 1 spiro atoms. The van der Waals surface area contributed by atoms with E-state index in [-0.39, 0.29) is 17.3 Å². The summed E-state index contributed by atoms with van der Waals surface area (Å²) in [5, 5.41) is 9.58. The first-order valence-corrected chi connectivity index (χ1v) is 9.67. The summed E-state index contributed by atoms with van der Waals surface area (Å²) in [4.78, 5) is 22.8. The van der Waals surface area contributed by atoms with Crippen molar-refractivity contribution in [2.24, 2.45) is 5.92 Å². The van der Waals surface area contributed by atoms with Crippen molar-refractivity contribution in [2.75, 3.05) is 26.3 Å². The molecule has 0 radical (unpaired) electrons. The maximum Gasteiger partial charge on any atom is 0.254 e. The van der Waals surface area contributed by atoms with Crippen LogP contribution in [0.3, 0.4) is 0 Å². The minimum atomic E-state index is -0.238. The number of phenolic OH excluding ortho intramolecular Hbond substituents is 1. The molecule has 2 aliphatic rings. The van der Waals surface area contributed by atoms with Gasteiger partial charge in [0.05, 0.1) is 31.6 Å². The van der Waals surface area contributed by atoms with Crippen molar-refractivity contribution in [3.63, 3.8) is 0 Å². The van der Waals surface area contributed by atoms with E-state index in [0.717, 1.165) is 25.0 Å². The Kier molecular flexibility index (Phi) is 5.17. The number of benzene rings is 1. The first kappa shape index (κ1) is 18.7. The number of nitrogens with zero attached hydrogens (tertiary/aromatic N) is 3. The van der Waals surface area contributed by atoms with Gasteiger partial charge in [0.1, 0.15) is 11.4 Å². The molecule has 148 valence electrons. The molecular formula is C21H25N3O4. The van der Waals surface area contributed by atoms with Crippen molar-refractivity contribution in [2.45, 2.75) is 31.8 Å². The van der Waals surface area contributed by atoms with E-state index in [4.69, 9.17) is 9.47 Å². The maximum absolute atomic E-state index is 12.6. The summed E-state index contributed by atoms with van der Waals surface area (Å²) in [5.41, 5.74) is 1.11. The minimum absolute atomic E-state index is 0.0615. The SMILES string of the molecule is Cc1cncc(OCCC2CCOC3(C2)CN(C(=O)c2cccc(O)c2)C3)n1. The second-order valence-corrected chi connectivity index (χ2v) is 7.74. The van der Waals surface area contributed by atoms with Crippen LogP contribution in [0.2, 0.25) is 0 Å². The Bertz CT molecular complexity index is 851. The van der Waals surface area contributed by atoms with Crippen molar-refractivity contribution < 1.29 is 19.4 Å². The average Bonchev–Trinajstić information content (AvgIpc) is 2.66. The summed E-state index contributed by atoms with van der Waals surface area (Å²) in [6.07, 6.45) is 6.21. The quantitative estimate of drug-likeness (QED) is 0.854. The van der Waals surface area contributed by atoms with E-state index in [0.29, 0.717) is 43.7 Å². The van der Waals surface area contributed by atoms with Crippen LogP contribution in [0.25, 0.3) is 0 Å². The number of carbonyl (C=O) groups excluding carboxylic acids is 1. The van der Waals surface area contributed by atoms with Gasteiger partial charge in [0.25, 0.3) is 5.91 Å². The maximum atomic E-state index is 12.6. The molecule has 2 fully saturated rings. The number of carbonyl (C=O) groups is 1. The van der Waals surface area contributed by atoms with Crippen molar-refractivity contribution in [1.29, 1.82) is 0 Å². The third-order valence-corrected chi connectivity index (χ3v) is 5.44. The van der Waals surface area contributed by atoms with Crippen molar-refractivity contribution >= 4 is 5.91 Å². The first-order valence-electron chi connectivity index (χ1n) is 9.67. The number of ether oxygens (including phenoxy) is 2. The highest BCUT2D eigenvalue weighted by Crippen LogP contribution is 2.38. The highest BCUT2D eigenvalue weighted by molar-refractivity contribution is 5.95. The normalized spacial score (nSPS) is 20.6. The molecule has 0 bridgehead atoms. The lowest BCUT2D eigenvalue weighted by Crippen LogP contribution is -2.66. The number of hydrogen-bond donors (Lipinski definition) is 1. The Labute approximate surface area is 164 Å². The summed E-state index contributed by atoms with van der Waals surface area (Å²) in [5.74, 6) is 1.11. The minimum Gasteiger partial charge on any atom is -0.508 e. The van der Waals surface area contributed by atoms with Crippen molar-refractivity contribution in [1.82, 2.24) is 14.9 Å². The Balaban J connectivity index is 1.27. The van der Waals surface area contributed by atoms with E-state index < -0.39 is 0 Å². The number of amides is 1. The van der Waals surface area contributed by atoms with Crippen LogP contribution in [0.4, 0.5) is 0 Å².